The molecule has 2 aromatic rings. The summed E-state index contributed by atoms with van der Waals surface area (Å²) < 4.78 is 2.26. The highest BCUT2D eigenvalue weighted by Crippen LogP contribution is 2.20. The lowest BCUT2D eigenvalue weighted by Crippen LogP contribution is -2.08. The minimum absolute atomic E-state index is 1.09. The quantitative estimate of drug-likeness (QED) is 0.777. The van der Waals surface area contributed by atoms with Crippen molar-refractivity contribution >= 4 is 10.9 Å². The molecule has 0 saturated heterocycles. The standard InChI is InChI=1S/C14H20N2/c1-11-9-13-7-6-12(5-4-8-15-2)10-14(13)16(11)3/h6-7,9-10,15H,4-5,8H2,1-3H3. The van der Waals surface area contributed by atoms with Crippen molar-refractivity contribution in [3.05, 3.63) is 35.5 Å². The molecule has 86 valence electrons. The van der Waals surface area contributed by atoms with Crippen molar-refractivity contribution in [1.29, 1.82) is 0 Å². The Balaban J connectivity index is 2.25. The maximum absolute atomic E-state index is 3.19. The van der Waals surface area contributed by atoms with Crippen LogP contribution in [-0.2, 0) is 13.5 Å². The van der Waals surface area contributed by atoms with Gasteiger partial charge in [0.05, 0.1) is 0 Å². The number of aryl methyl sites for hydroxylation is 3. The Morgan fingerprint density at radius 3 is 2.81 bits per heavy atom. The summed E-state index contributed by atoms with van der Waals surface area (Å²) in [5.41, 5.74) is 4.10. The number of fused-ring (bicyclic) bond motifs is 1. The molecule has 0 atom stereocenters. The predicted octanol–water partition coefficient (Wildman–Crippen LogP) is 2.64. The molecule has 0 aliphatic rings. The number of nitrogens with one attached hydrogen (secondary N) is 1. The highest BCUT2D eigenvalue weighted by molar-refractivity contribution is 5.81. The first-order valence-electron chi connectivity index (χ1n) is 5.92. The topological polar surface area (TPSA) is 17.0 Å². The van der Waals surface area contributed by atoms with Gasteiger partial charge in [0.15, 0.2) is 0 Å². The largest absolute Gasteiger partial charge is 0.348 e. The van der Waals surface area contributed by atoms with Crippen molar-refractivity contribution in [2.75, 3.05) is 13.6 Å². The fraction of sp³-hybridized carbons (Fsp3) is 0.429. The highest BCUT2D eigenvalue weighted by Gasteiger charge is 2.02. The lowest BCUT2D eigenvalue weighted by molar-refractivity contribution is 0.725. The maximum atomic E-state index is 3.19. The van der Waals surface area contributed by atoms with Crippen LogP contribution in [0.15, 0.2) is 24.3 Å². The molecule has 0 spiro atoms. The van der Waals surface area contributed by atoms with Gasteiger partial charge in [-0.2, -0.15) is 0 Å². The zero-order valence-electron chi connectivity index (χ0n) is 10.4. The van der Waals surface area contributed by atoms with Crippen molar-refractivity contribution in [1.82, 2.24) is 9.88 Å². The first kappa shape index (κ1) is 11.2. The molecule has 0 fully saturated rings. The van der Waals surface area contributed by atoms with Crippen molar-refractivity contribution in [3.63, 3.8) is 0 Å². The Hall–Kier alpha value is -1.28. The number of hydrogen-bond donors (Lipinski definition) is 1. The van der Waals surface area contributed by atoms with E-state index in [9.17, 15) is 0 Å². The number of nitrogens with zero attached hydrogens (tertiary/aromatic N) is 1. The van der Waals surface area contributed by atoms with Gasteiger partial charge in [-0.15, -0.1) is 0 Å². The summed E-state index contributed by atoms with van der Waals surface area (Å²) in [5.74, 6) is 0. The van der Waals surface area contributed by atoms with Gasteiger partial charge in [-0.25, -0.2) is 0 Å². The van der Waals surface area contributed by atoms with Gasteiger partial charge in [0.25, 0.3) is 0 Å². The van der Waals surface area contributed by atoms with Crippen LogP contribution >= 0.6 is 0 Å². The van der Waals surface area contributed by atoms with Crippen LogP contribution in [-0.4, -0.2) is 18.2 Å². The molecule has 2 heteroatoms. The average molecular weight is 216 g/mol. The normalized spacial score (nSPS) is 11.2. The third-order valence-electron chi connectivity index (χ3n) is 3.24. The fourth-order valence-corrected chi connectivity index (χ4v) is 2.14. The van der Waals surface area contributed by atoms with Crippen LogP contribution < -0.4 is 5.32 Å². The summed E-state index contributed by atoms with van der Waals surface area (Å²) in [6.45, 7) is 3.24. The van der Waals surface area contributed by atoms with Crippen LogP contribution in [0.3, 0.4) is 0 Å². The lowest BCUT2D eigenvalue weighted by atomic mass is 10.1. The van der Waals surface area contributed by atoms with Crippen LogP contribution in [0.1, 0.15) is 17.7 Å². The molecule has 0 radical (unpaired) electrons. The number of benzene rings is 1. The van der Waals surface area contributed by atoms with E-state index in [2.05, 4.69) is 48.1 Å². The van der Waals surface area contributed by atoms with Gasteiger partial charge in [0.2, 0.25) is 0 Å². The van der Waals surface area contributed by atoms with E-state index in [0.717, 1.165) is 13.0 Å². The minimum Gasteiger partial charge on any atom is -0.348 e. The molecule has 1 N–H and O–H groups in total. The molecule has 1 heterocycles. The van der Waals surface area contributed by atoms with Crippen LogP contribution in [0.2, 0.25) is 0 Å². The van der Waals surface area contributed by atoms with Gasteiger partial charge < -0.3 is 9.88 Å². The minimum atomic E-state index is 1.09. The molecular formula is C14H20N2. The molecule has 0 aliphatic carbocycles. The molecule has 0 unspecified atom stereocenters. The molecule has 1 aromatic carbocycles. The molecule has 0 saturated carbocycles. The van der Waals surface area contributed by atoms with Crippen LogP contribution in [0.4, 0.5) is 0 Å². The van der Waals surface area contributed by atoms with E-state index in [1.54, 1.807) is 0 Å². The summed E-state index contributed by atoms with van der Waals surface area (Å²) in [6, 6.07) is 9.04. The van der Waals surface area contributed by atoms with Crippen LogP contribution in [0.5, 0.6) is 0 Å². The molecular weight excluding hydrogens is 196 g/mol. The van der Waals surface area contributed by atoms with Crippen LogP contribution in [0, 0.1) is 6.92 Å². The van der Waals surface area contributed by atoms with E-state index in [1.807, 2.05) is 7.05 Å². The highest BCUT2D eigenvalue weighted by atomic mass is 14.9. The first-order valence-corrected chi connectivity index (χ1v) is 5.92. The molecule has 2 rings (SSSR count). The SMILES string of the molecule is CNCCCc1ccc2cc(C)n(C)c2c1. The van der Waals surface area contributed by atoms with Gasteiger partial charge in [-0.3, -0.25) is 0 Å². The van der Waals surface area contributed by atoms with Crippen molar-refractivity contribution in [3.8, 4) is 0 Å². The molecule has 0 bridgehead atoms. The second-order valence-electron chi connectivity index (χ2n) is 4.45. The smallest absolute Gasteiger partial charge is 0.0482 e. The molecule has 2 nitrogen and oxygen atoms in total. The van der Waals surface area contributed by atoms with Gasteiger partial charge in [0.1, 0.15) is 0 Å². The second kappa shape index (κ2) is 4.71. The number of aromatic nitrogens is 1. The third kappa shape index (κ3) is 2.12. The fourth-order valence-electron chi connectivity index (χ4n) is 2.14. The molecule has 1 aromatic heterocycles. The van der Waals surface area contributed by atoms with Crippen molar-refractivity contribution in [2.24, 2.45) is 7.05 Å². The van der Waals surface area contributed by atoms with Gasteiger partial charge in [-0.1, -0.05) is 12.1 Å². The second-order valence-corrected chi connectivity index (χ2v) is 4.45. The van der Waals surface area contributed by atoms with Gasteiger partial charge in [-0.05, 0) is 56.4 Å². The third-order valence-corrected chi connectivity index (χ3v) is 3.24. The van der Waals surface area contributed by atoms with Crippen LogP contribution in [0.25, 0.3) is 10.9 Å². The van der Waals surface area contributed by atoms with Gasteiger partial charge >= 0.3 is 0 Å². The Morgan fingerprint density at radius 1 is 1.25 bits per heavy atom. The summed E-state index contributed by atoms with van der Waals surface area (Å²) in [6.07, 6.45) is 2.35. The van der Waals surface area contributed by atoms with E-state index in [4.69, 9.17) is 0 Å². The lowest BCUT2D eigenvalue weighted by Gasteiger charge is -2.03. The van der Waals surface area contributed by atoms with E-state index in [-0.39, 0.29) is 0 Å². The maximum Gasteiger partial charge on any atom is 0.0482 e. The Labute approximate surface area is 97.3 Å². The zero-order valence-corrected chi connectivity index (χ0v) is 10.4. The molecule has 0 amide bonds. The summed E-state index contributed by atoms with van der Waals surface area (Å²) in [5, 5.41) is 4.53. The monoisotopic (exact) mass is 216 g/mol. The Morgan fingerprint density at radius 2 is 2.06 bits per heavy atom. The summed E-state index contributed by atoms with van der Waals surface area (Å²) in [4.78, 5) is 0. The number of hydrogen-bond acceptors (Lipinski definition) is 1. The van der Waals surface area contributed by atoms with Crippen molar-refractivity contribution in [2.45, 2.75) is 19.8 Å². The number of rotatable bonds is 4. The van der Waals surface area contributed by atoms with E-state index >= 15 is 0 Å². The first-order chi connectivity index (χ1) is 7.72. The van der Waals surface area contributed by atoms with Crippen molar-refractivity contribution < 1.29 is 0 Å². The summed E-state index contributed by atoms with van der Waals surface area (Å²) >= 11 is 0. The summed E-state index contributed by atoms with van der Waals surface area (Å²) in [7, 11) is 4.14. The van der Waals surface area contributed by atoms with E-state index in [1.165, 1.54) is 28.6 Å². The van der Waals surface area contributed by atoms with E-state index in [0.29, 0.717) is 0 Å². The Bertz CT molecular complexity index is 483. The van der Waals surface area contributed by atoms with E-state index < -0.39 is 0 Å². The zero-order chi connectivity index (χ0) is 11.5. The molecule has 0 aliphatic heterocycles. The van der Waals surface area contributed by atoms with Gasteiger partial charge in [0, 0.05) is 18.3 Å². The average Bonchev–Trinajstić information content (AvgIpc) is 2.56. The molecule has 16 heavy (non-hydrogen) atoms. The predicted molar refractivity (Wildman–Crippen MR) is 69.9 cm³/mol. The Kier molecular flexibility index (Phi) is 3.30.